The molecule has 1 saturated heterocycles. The highest BCUT2D eigenvalue weighted by Crippen LogP contribution is 2.52. The lowest BCUT2D eigenvalue weighted by molar-refractivity contribution is -0.143. The van der Waals surface area contributed by atoms with Crippen molar-refractivity contribution in [3.05, 3.63) is 35.9 Å². The fourth-order valence-electron chi connectivity index (χ4n) is 3.07. The highest BCUT2D eigenvalue weighted by molar-refractivity contribution is 5.76. The number of fused-ring (bicyclic) bond motifs is 1. The third-order valence-electron chi connectivity index (χ3n) is 3.99. The summed E-state index contributed by atoms with van der Waals surface area (Å²) in [6.45, 7) is 3.08. The molecule has 2 unspecified atom stereocenters. The van der Waals surface area contributed by atoms with Gasteiger partial charge >= 0.3 is 5.97 Å². The summed E-state index contributed by atoms with van der Waals surface area (Å²) in [5, 5.41) is 0. The molecule has 0 aromatic heterocycles. The van der Waals surface area contributed by atoms with Crippen LogP contribution in [0.4, 0.5) is 0 Å². The van der Waals surface area contributed by atoms with Crippen LogP contribution >= 0.6 is 0 Å². The van der Waals surface area contributed by atoms with E-state index in [0.717, 1.165) is 19.6 Å². The number of rotatable bonds is 3. The second-order valence-corrected chi connectivity index (χ2v) is 5.06. The number of nitrogens with zero attached hydrogens (tertiary/aromatic N) is 1. The number of benzene rings is 1. The molecule has 0 spiro atoms. The molecule has 3 nitrogen and oxygen atoms in total. The molecule has 2 fully saturated rings. The van der Waals surface area contributed by atoms with Crippen molar-refractivity contribution in [3.63, 3.8) is 0 Å². The Hall–Kier alpha value is -1.35. The van der Waals surface area contributed by atoms with Gasteiger partial charge in [-0.3, -0.25) is 9.69 Å². The third kappa shape index (κ3) is 1.95. The average molecular weight is 231 g/mol. The number of carbonyl (C=O) groups excluding carboxylic acids is 1. The van der Waals surface area contributed by atoms with E-state index in [-0.39, 0.29) is 11.9 Å². The summed E-state index contributed by atoms with van der Waals surface area (Å²) in [7, 11) is 1.48. The standard InChI is InChI=1S/C14H17NO2/c1-17-14(16)13-11-8-15(9-12(11)13)7-10-5-3-2-4-6-10/h2-6,11-13H,7-9H2,1H3. The first kappa shape index (κ1) is 10.8. The quantitative estimate of drug-likeness (QED) is 0.739. The van der Waals surface area contributed by atoms with Gasteiger partial charge in [0.15, 0.2) is 0 Å². The van der Waals surface area contributed by atoms with Crippen LogP contribution in [0.25, 0.3) is 0 Å². The van der Waals surface area contributed by atoms with Crippen LogP contribution in [0.5, 0.6) is 0 Å². The lowest BCUT2D eigenvalue weighted by atomic mass is 10.2. The van der Waals surface area contributed by atoms with Gasteiger partial charge in [-0.15, -0.1) is 0 Å². The first-order chi connectivity index (χ1) is 8.29. The van der Waals surface area contributed by atoms with Gasteiger partial charge < -0.3 is 4.74 Å². The number of methoxy groups -OCH3 is 1. The van der Waals surface area contributed by atoms with E-state index in [1.807, 2.05) is 6.07 Å². The van der Waals surface area contributed by atoms with Crippen LogP contribution in [0.1, 0.15) is 5.56 Å². The molecule has 1 aliphatic heterocycles. The number of hydrogen-bond donors (Lipinski definition) is 0. The average Bonchev–Trinajstić information content (AvgIpc) is 2.86. The molecule has 90 valence electrons. The van der Waals surface area contributed by atoms with E-state index in [4.69, 9.17) is 4.74 Å². The molecule has 1 saturated carbocycles. The predicted molar refractivity (Wildman–Crippen MR) is 64.2 cm³/mol. The summed E-state index contributed by atoms with van der Waals surface area (Å²) in [6, 6.07) is 10.5. The number of esters is 1. The van der Waals surface area contributed by atoms with Crippen molar-refractivity contribution in [2.75, 3.05) is 20.2 Å². The molecular formula is C14H17NO2. The minimum atomic E-state index is -0.0145. The second kappa shape index (κ2) is 4.15. The smallest absolute Gasteiger partial charge is 0.309 e. The van der Waals surface area contributed by atoms with Crippen LogP contribution in [0, 0.1) is 17.8 Å². The molecule has 0 amide bonds. The maximum atomic E-state index is 11.4. The number of carbonyl (C=O) groups is 1. The maximum absolute atomic E-state index is 11.4. The van der Waals surface area contributed by atoms with Gasteiger partial charge in [-0.2, -0.15) is 0 Å². The zero-order chi connectivity index (χ0) is 11.8. The highest BCUT2D eigenvalue weighted by atomic mass is 16.5. The Morgan fingerprint density at radius 2 is 1.94 bits per heavy atom. The number of ether oxygens (including phenoxy) is 1. The molecule has 3 heteroatoms. The normalized spacial score (nSPS) is 31.0. The summed E-state index contributed by atoms with van der Waals surface area (Å²) in [5.41, 5.74) is 1.35. The van der Waals surface area contributed by atoms with Gasteiger partial charge in [-0.25, -0.2) is 0 Å². The summed E-state index contributed by atoms with van der Waals surface area (Å²) >= 11 is 0. The van der Waals surface area contributed by atoms with Crippen LogP contribution in [0.15, 0.2) is 30.3 Å². The van der Waals surface area contributed by atoms with Crippen molar-refractivity contribution in [1.82, 2.24) is 4.90 Å². The fraction of sp³-hybridized carbons (Fsp3) is 0.500. The minimum Gasteiger partial charge on any atom is -0.469 e. The zero-order valence-electron chi connectivity index (χ0n) is 10.0. The van der Waals surface area contributed by atoms with Crippen LogP contribution in [0.3, 0.4) is 0 Å². The van der Waals surface area contributed by atoms with Crippen LogP contribution in [0.2, 0.25) is 0 Å². The molecule has 1 aromatic rings. The molecule has 1 aliphatic carbocycles. The molecule has 17 heavy (non-hydrogen) atoms. The molecule has 0 radical (unpaired) electrons. The predicted octanol–water partition coefficient (Wildman–Crippen LogP) is 1.54. The maximum Gasteiger partial charge on any atom is 0.309 e. The molecule has 2 aliphatic rings. The van der Waals surface area contributed by atoms with Crippen molar-refractivity contribution in [3.8, 4) is 0 Å². The first-order valence-corrected chi connectivity index (χ1v) is 6.13. The third-order valence-corrected chi connectivity index (χ3v) is 3.99. The first-order valence-electron chi connectivity index (χ1n) is 6.13. The molecule has 2 atom stereocenters. The van der Waals surface area contributed by atoms with Gasteiger partial charge in [0.05, 0.1) is 13.0 Å². The van der Waals surface area contributed by atoms with E-state index < -0.39 is 0 Å². The van der Waals surface area contributed by atoms with Gasteiger partial charge in [-0.05, 0) is 17.4 Å². The van der Waals surface area contributed by atoms with E-state index in [2.05, 4.69) is 29.2 Å². The van der Waals surface area contributed by atoms with Crippen molar-refractivity contribution in [2.24, 2.45) is 17.8 Å². The van der Waals surface area contributed by atoms with E-state index in [1.54, 1.807) is 0 Å². The molecule has 0 bridgehead atoms. The van der Waals surface area contributed by atoms with E-state index in [9.17, 15) is 4.79 Å². The van der Waals surface area contributed by atoms with Crippen LogP contribution in [-0.2, 0) is 16.1 Å². The van der Waals surface area contributed by atoms with Crippen molar-refractivity contribution >= 4 is 5.97 Å². The van der Waals surface area contributed by atoms with E-state index >= 15 is 0 Å². The van der Waals surface area contributed by atoms with Crippen LogP contribution < -0.4 is 0 Å². The largest absolute Gasteiger partial charge is 0.469 e. The van der Waals surface area contributed by atoms with E-state index in [0.29, 0.717) is 11.8 Å². The SMILES string of the molecule is COC(=O)C1C2CN(Cc3ccccc3)CC21. The molecule has 1 aromatic carbocycles. The van der Waals surface area contributed by atoms with Gasteiger partial charge in [0, 0.05) is 19.6 Å². The Balaban J connectivity index is 1.54. The molecular weight excluding hydrogens is 214 g/mol. The summed E-state index contributed by atoms with van der Waals surface area (Å²) in [5.74, 6) is 1.27. The molecule has 0 N–H and O–H groups in total. The van der Waals surface area contributed by atoms with Gasteiger partial charge in [0.1, 0.15) is 0 Å². The van der Waals surface area contributed by atoms with Gasteiger partial charge in [0.2, 0.25) is 0 Å². The molecule has 3 rings (SSSR count). The monoisotopic (exact) mass is 231 g/mol. The highest BCUT2D eigenvalue weighted by Gasteiger charge is 2.59. The Bertz CT molecular complexity index is 405. The lowest BCUT2D eigenvalue weighted by Crippen LogP contribution is -2.26. The number of hydrogen-bond acceptors (Lipinski definition) is 3. The Morgan fingerprint density at radius 3 is 2.53 bits per heavy atom. The summed E-state index contributed by atoms with van der Waals surface area (Å²) in [6.07, 6.45) is 0. The second-order valence-electron chi connectivity index (χ2n) is 5.06. The Morgan fingerprint density at radius 1 is 1.29 bits per heavy atom. The fourth-order valence-corrected chi connectivity index (χ4v) is 3.07. The van der Waals surface area contributed by atoms with Crippen molar-refractivity contribution in [1.29, 1.82) is 0 Å². The lowest BCUT2D eigenvalue weighted by Gasteiger charge is -2.18. The van der Waals surface area contributed by atoms with Crippen LogP contribution in [-0.4, -0.2) is 31.1 Å². The number of piperidine rings is 1. The molecule has 1 heterocycles. The minimum absolute atomic E-state index is 0.0145. The van der Waals surface area contributed by atoms with Gasteiger partial charge in [-0.1, -0.05) is 30.3 Å². The summed E-state index contributed by atoms with van der Waals surface area (Å²) in [4.78, 5) is 13.8. The zero-order valence-corrected chi connectivity index (χ0v) is 10.0. The summed E-state index contributed by atoms with van der Waals surface area (Å²) < 4.78 is 4.81. The Labute approximate surface area is 101 Å². The van der Waals surface area contributed by atoms with Crippen molar-refractivity contribution in [2.45, 2.75) is 6.54 Å². The Kier molecular flexibility index (Phi) is 2.63. The topological polar surface area (TPSA) is 29.5 Å². The van der Waals surface area contributed by atoms with E-state index in [1.165, 1.54) is 12.7 Å². The van der Waals surface area contributed by atoms with Crippen molar-refractivity contribution < 1.29 is 9.53 Å². The number of likely N-dealkylation sites (tertiary alicyclic amines) is 1. The van der Waals surface area contributed by atoms with Gasteiger partial charge in [0.25, 0.3) is 0 Å².